The average molecular weight is 416 g/mol. The van der Waals surface area contributed by atoms with Crippen LogP contribution in [0.25, 0.3) is 0 Å². The number of pyridine rings is 1. The zero-order chi connectivity index (χ0) is 21.2. The molecule has 1 aromatic carbocycles. The summed E-state index contributed by atoms with van der Waals surface area (Å²) >= 11 is 0. The van der Waals surface area contributed by atoms with E-state index in [1.54, 1.807) is 28.0 Å². The van der Waals surface area contributed by atoms with E-state index < -0.39 is 0 Å². The summed E-state index contributed by atoms with van der Waals surface area (Å²) < 4.78 is 1.79. The Bertz CT molecular complexity index is 1080. The van der Waals surface area contributed by atoms with Crippen molar-refractivity contribution in [2.45, 2.75) is 25.4 Å². The molecule has 3 heterocycles. The Hall–Kier alpha value is -3.68. The van der Waals surface area contributed by atoms with E-state index in [4.69, 9.17) is 0 Å². The van der Waals surface area contributed by atoms with Gasteiger partial charge in [-0.25, -0.2) is 4.98 Å². The number of amides is 2. The Morgan fingerprint density at radius 2 is 2.06 bits per heavy atom. The highest BCUT2D eigenvalue weighted by molar-refractivity contribution is 6.04. The Balaban J connectivity index is 1.39. The molecule has 1 saturated carbocycles. The fourth-order valence-corrected chi connectivity index (χ4v) is 3.82. The van der Waals surface area contributed by atoms with Crippen molar-refractivity contribution < 1.29 is 9.59 Å². The number of hydrogen-bond donors (Lipinski definition) is 2. The first-order valence-electron chi connectivity index (χ1n) is 10.5. The zero-order valence-corrected chi connectivity index (χ0v) is 17.1. The molecule has 1 aliphatic heterocycles. The first-order valence-corrected chi connectivity index (χ1v) is 10.5. The zero-order valence-electron chi connectivity index (χ0n) is 17.1. The van der Waals surface area contributed by atoms with Gasteiger partial charge in [-0.2, -0.15) is 5.10 Å². The van der Waals surface area contributed by atoms with E-state index in [9.17, 15) is 9.59 Å². The van der Waals surface area contributed by atoms with Gasteiger partial charge in [0.2, 0.25) is 5.91 Å². The number of hydrogen-bond acceptors (Lipinski definition) is 5. The van der Waals surface area contributed by atoms with Gasteiger partial charge in [0.15, 0.2) is 0 Å². The summed E-state index contributed by atoms with van der Waals surface area (Å²) in [6.07, 6.45) is 7.44. The molecule has 8 heteroatoms. The number of carbonyl (C=O) groups excluding carboxylic acids is 2. The van der Waals surface area contributed by atoms with E-state index in [0.717, 1.165) is 18.4 Å². The smallest absolute Gasteiger partial charge is 0.253 e. The minimum absolute atomic E-state index is 0.0135. The van der Waals surface area contributed by atoms with Crippen LogP contribution >= 0.6 is 0 Å². The fraction of sp³-hybridized carbons (Fsp3) is 0.304. The molecule has 1 aliphatic carbocycles. The van der Waals surface area contributed by atoms with Crippen LogP contribution in [0.2, 0.25) is 0 Å². The van der Waals surface area contributed by atoms with Gasteiger partial charge in [-0.15, -0.1) is 0 Å². The van der Waals surface area contributed by atoms with E-state index in [-0.39, 0.29) is 24.4 Å². The maximum absolute atomic E-state index is 13.2. The van der Waals surface area contributed by atoms with E-state index in [2.05, 4.69) is 20.7 Å². The van der Waals surface area contributed by atoms with Crippen molar-refractivity contribution in [3.8, 4) is 0 Å². The number of nitrogens with zero attached hydrogens (tertiary/aromatic N) is 4. The Morgan fingerprint density at radius 3 is 2.81 bits per heavy atom. The second-order valence-electron chi connectivity index (χ2n) is 8.06. The fourth-order valence-electron chi connectivity index (χ4n) is 3.82. The van der Waals surface area contributed by atoms with Crippen LogP contribution in [0.3, 0.4) is 0 Å². The van der Waals surface area contributed by atoms with Crippen LogP contribution in [-0.4, -0.2) is 39.7 Å². The van der Waals surface area contributed by atoms with Gasteiger partial charge in [0.1, 0.15) is 5.82 Å². The van der Waals surface area contributed by atoms with Gasteiger partial charge in [0.05, 0.1) is 30.4 Å². The second kappa shape index (κ2) is 8.22. The highest BCUT2D eigenvalue weighted by Gasteiger charge is 2.32. The van der Waals surface area contributed by atoms with Crippen LogP contribution in [0.4, 0.5) is 11.5 Å². The topological polar surface area (TPSA) is 92.2 Å². The summed E-state index contributed by atoms with van der Waals surface area (Å²) in [4.78, 5) is 31.8. The van der Waals surface area contributed by atoms with Gasteiger partial charge in [-0.1, -0.05) is 30.3 Å². The number of nitrogens with one attached hydrogen (secondary N) is 2. The summed E-state index contributed by atoms with van der Waals surface area (Å²) in [5.41, 5.74) is 2.10. The molecule has 2 N–H and O–H groups in total. The quantitative estimate of drug-likeness (QED) is 0.618. The molecule has 0 radical (unpaired) electrons. The van der Waals surface area contributed by atoms with Crippen LogP contribution in [0.5, 0.6) is 0 Å². The molecule has 8 nitrogen and oxygen atoms in total. The van der Waals surface area contributed by atoms with Crippen molar-refractivity contribution in [3.63, 3.8) is 0 Å². The highest BCUT2D eigenvalue weighted by Crippen LogP contribution is 2.35. The lowest BCUT2D eigenvalue weighted by atomic mass is 10.1. The predicted octanol–water partition coefficient (Wildman–Crippen LogP) is 2.62. The van der Waals surface area contributed by atoms with Gasteiger partial charge in [0, 0.05) is 25.1 Å². The Kier molecular flexibility index (Phi) is 5.11. The summed E-state index contributed by atoms with van der Waals surface area (Å²) in [5, 5.41) is 10.4. The number of benzene rings is 1. The lowest BCUT2D eigenvalue weighted by molar-refractivity contribution is -0.117. The third-order valence-corrected chi connectivity index (χ3v) is 5.70. The molecule has 5 rings (SSSR count). The van der Waals surface area contributed by atoms with E-state index >= 15 is 0 Å². The van der Waals surface area contributed by atoms with Crippen LogP contribution in [0, 0.1) is 5.92 Å². The minimum Gasteiger partial charge on any atom is -0.359 e. The number of anilines is 2. The van der Waals surface area contributed by atoms with Crippen molar-refractivity contribution in [2.75, 3.05) is 23.3 Å². The molecule has 2 aliphatic rings. The van der Waals surface area contributed by atoms with Gasteiger partial charge in [-0.05, 0) is 36.5 Å². The molecule has 1 fully saturated rings. The summed E-state index contributed by atoms with van der Waals surface area (Å²) in [7, 11) is 0. The molecule has 0 saturated heterocycles. The first-order chi connectivity index (χ1) is 15.2. The molecule has 0 spiro atoms. The number of rotatable bonds is 7. The molecule has 2 amide bonds. The maximum atomic E-state index is 13.2. The monoisotopic (exact) mass is 416 g/mol. The maximum Gasteiger partial charge on any atom is 0.253 e. The molecule has 31 heavy (non-hydrogen) atoms. The van der Waals surface area contributed by atoms with E-state index in [0.29, 0.717) is 36.1 Å². The number of carbonyl (C=O) groups is 2. The van der Waals surface area contributed by atoms with Gasteiger partial charge < -0.3 is 15.5 Å². The van der Waals surface area contributed by atoms with Crippen molar-refractivity contribution in [1.29, 1.82) is 0 Å². The SMILES string of the molecule is O=C(NC(Cn1cccn1)c1ccccc1)c1cnc2c(c1)N(CC1CC1)C(=O)CN2. The lowest BCUT2D eigenvalue weighted by Crippen LogP contribution is -2.41. The molecular weight excluding hydrogens is 392 g/mol. The summed E-state index contributed by atoms with van der Waals surface area (Å²) in [6, 6.07) is 13.2. The molecule has 3 aromatic rings. The van der Waals surface area contributed by atoms with Crippen molar-refractivity contribution in [3.05, 3.63) is 72.2 Å². The third kappa shape index (κ3) is 4.28. The van der Waals surface area contributed by atoms with Crippen molar-refractivity contribution >= 4 is 23.3 Å². The molecule has 1 unspecified atom stereocenters. The van der Waals surface area contributed by atoms with Crippen LogP contribution < -0.4 is 15.5 Å². The number of fused-ring (bicyclic) bond motifs is 1. The Morgan fingerprint density at radius 1 is 1.23 bits per heavy atom. The lowest BCUT2D eigenvalue weighted by Gasteiger charge is -2.30. The van der Waals surface area contributed by atoms with Gasteiger partial charge >= 0.3 is 0 Å². The van der Waals surface area contributed by atoms with Crippen LogP contribution in [0.1, 0.15) is 34.8 Å². The standard InChI is InChI=1S/C23H24N6O2/c30-21-13-25-22-20(29(21)14-16-7-8-16)11-18(12-24-22)23(31)27-19(15-28-10-4-9-26-28)17-5-2-1-3-6-17/h1-6,9-12,16,19H,7-8,13-15H2,(H,24,25)(H,27,31). The summed E-state index contributed by atoms with van der Waals surface area (Å²) in [5.74, 6) is 0.970. The molecular formula is C23H24N6O2. The normalized spacial score (nSPS) is 16.4. The average Bonchev–Trinajstić information content (AvgIpc) is 3.48. The highest BCUT2D eigenvalue weighted by atomic mass is 16.2. The Labute approximate surface area is 180 Å². The molecule has 0 bridgehead atoms. The largest absolute Gasteiger partial charge is 0.359 e. The third-order valence-electron chi connectivity index (χ3n) is 5.70. The number of aromatic nitrogens is 3. The molecule has 158 valence electrons. The van der Waals surface area contributed by atoms with Crippen molar-refractivity contribution in [1.82, 2.24) is 20.1 Å². The molecule has 1 atom stereocenters. The van der Waals surface area contributed by atoms with E-state index in [1.807, 2.05) is 42.6 Å². The summed E-state index contributed by atoms with van der Waals surface area (Å²) in [6.45, 7) is 1.43. The van der Waals surface area contributed by atoms with Gasteiger partial charge in [-0.3, -0.25) is 14.3 Å². The first kappa shape index (κ1) is 19.3. The minimum atomic E-state index is -0.257. The molecule has 2 aromatic heterocycles. The predicted molar refractivity (Wildman–Crippen MR) is 117 cm³/mol. The second-order valence-corrected chi connectivity index (χ2v) is 8.06. The van der Waals surface area contributed by atoms with Crippen molar-refractivity contribution in [2.24, 2.45) is 5.92 Å². The van der Waals surface area contributed by atoms with E-state index in [1.165, 1.54) is 0 Å². The van der Waals surface area contributed by atoms with Crippen LogP contribution in [-0.2, 0) is 11.3 Å². The van der Waals surface area contributed by atoms with Gasteiger partial charge in [0.25, 0.3) is 5.91 Å². The van der Waals surface area contributed by atoms with Crippen LogP contribution in [0.15, 0.2) is 61.1 Å².